The Kier molecular flexibility index (Phi) is 5.58. The molecule has 0 atom stereocenters. The number of methoxy groups -OCH3 is 1. The van der Waals surface area contributed by atoms with Crippen LogP contribution in [0.3, 0.4) is 0 Å². The third-order valence-corrected chi connectivity index (χ3v) is 3.83. The van der Waals surface area contributed by atoms with E-state index in [0.29, 0.717) is 23.7 Å². The summed E-state index contributed by atoms with van der Waals surface area (Å²) in [6, 6.07) is 13.7. The summed E-state index contributed by atoms with van der Waals surface area (Å²) >= 11 is 0. The molecule has 0 aliphatic rings. The third-order valence-electron chi connectivity index (χ3n) is 3.83. The Labute approximate surface area is 150 Å². The molecule has 1 amide bonds. The number of amides is 1. The van der Waals surface area contributed by atoms with Gasteiger partial charge in [-0.2, -0.15) is 4.98 Å². The van der Waals surface area contributed by atoms with Crippen LogP contribution in [0.15, 0.2) is 53.1 Å². The second kappa shape index (κ2) is 8.24. The standard InChI is InChI=1S/C19H18FN3O3/c1-25-15-9-6-14(7-10-15)19-22-18(26-23-19)12-21-17(24)11-8-13-4-2-3-5-16(13)20/h2-7,9-10H,8,11-12H2,1H3,(H,21,24). The fourth-order valence-corrected chi connectivity index (χ4v) is 2.40. The lowest BCUT2D eigenvalue weighted by Crippen LogP contribution is -2.23. The van der Waals surface area contributed by atoms with Crippen molar-refractivity contribution in [2.24, 2.45) is 0 Å². The van der Waals surface area contributed by atoms with Gasteiger partial charge in [-0.05, 0) is 42.3 Å². The minimum absolute atomic E-state index is 0.124. The number of benzene rings is 2. The average Bonchev–Trinajstić information content (AvgIpc) is 3.15. The number of aromatic nitrogens is 2. The molecule has 7 heteroatoms. The van der Waals surface area contributed by atoms with Crippen molar-refractivity contribution < 1.29 is 18.4 Å². The molecule has 0 spiro atoms. The molecule has 1 aromatic heterocycles. The first-order valence-electron chi connectivity index (χ1n) is 8.13. The Balaban J connectivity index is 1.51. The molecule has 0 saturated carbocycles. The lowest BCUT2D eigenvalue weighted by Gasteiger charge is -2.03. The van der Waals surface area contributed by atoms with Gasteiger partial charge in [0.1, 0.15) is 11.6 Å². The molecule has 0 unspecified atom stereocenters. The first-order chi connectivity index (χ1) is 12.7. The van der Waals surface area contributed by atoms with Gasteiger partial charge in [0.15, 0.2) is 0 Å². The molecule has 26 heavy (non-hydrogen) atoms. The summed E-state index contributed by atoms with van der Waals surface area (Å²) in [5.74, 6) is 0.955. The van der Waals surface area contributed by atoms with Crippen molar-refractivity contribution in [2.45, 2.75) is 19.4 Å². The Bertz CT molecular complexity index is 878. The number of nitrogens with one attached hydrogen (secondary N) is 1. The second-order valence-corrected chi connectivity index (χ2v) is 5.61. The number of nitrogens with zero attached hydrogens (tertiary/aromatic N) is 2. The maximum absolute atomic E-state index is 13.5. The molecule has 3 rings (SSSR count). The normalized spacial score (nSPS) is 10.5. The Morgan fingerprint density at radius 3 is 2.69 bits per heavy atom. The maximum atomic E-state index is 13.5. The van der Waals surface area contributed by atoms with Crippen LogP contribution in [-0.4, -0.2) is 23.2 Å². The van der Waals surface area contributed by atoms with Crippen LogP contribution in [0.1, 0.15) is 17.9 Å². The molecular formula is C19H18FN3O3. The number of hydrogen-bond acceptors (Lipinski definition) is 5. The Hall–Kier alpha value is -3.22. The molecule has 6 nitrogen and oxygen atoms in total. The van der Waals surface area contributed by atoms with Crippen molar-refractivity contribution in [1.29, 1.82) is 0 Å². The number of carbonyl (C=O) groups excluding carboxylic acids is 1. The van der Waals surface area contributed by atoms with E-state index in [0.717, 1.165) is 11.3 Å². The number of ether oxygens (including phenoxy) is 1. The summed E-state index contributed by atoms with van der Waals surface area (Å²) in [6.07, 6.45) is 0.514. The molecular weight excluding hydrogens is 337 g/mol. The van der Waals surface area contributed by atoms with Crippen LogP contribution in [0.4, 0.5) is 4.39 Å². The zero-order valence-electron chi connectivity index (χ0n) is 14.2. The number of rotatable bonds is 7. The van der Waals surface area contributed by atoms with E-state index in [9.17, 15) is 9.18 Å². The first kappa shape index (κ1) is 17.6. The van der Waals surface area contributed by atoms with Gasteiger partial charge in [0, 0.05) is 12.0 Å². The van der Waals surface area contributed by atoms with Crippen LogP contribution in [0, 0.1) is 5.82 Å². The highest BCUT2D eigenvalue weighted by Crippen LogP contribution is 2.19. The minimum Gasteiger partial charge on any atom is -0.497 e. The molecule has 0 aliphatic carbocycles. The van der Waals surface area contributed by atoms with E-state index in [1.54, 1.807) is 37.4 Å². The van der Waals surface area contributed by atoms with Gasteiger partial charge < -0.3 is 14.6 Å². The van der Waals surface area contributed by atoms with Crippen LogP contribution in [-0.2, 0) is 17.8 Å². The number of halogens is 1. The lowest BCUT2D eigenvalue weighted by molar-refractivity contribution is -0.121. The highest BCUT2D eigenvalue weighted by atomic mass is 19.1. The van der Waals surface area contributed by atoms with Crippen molar-refractivity contribution >= 4 is 5.91 Å². The SMILES string of the molecule is COc1ccc(-c2noc(CNC(=O)CCc3ccccc3F)n2)cc1. The quantitative estimate of drug-likeness (QED) is 0.704. The fraction of sp³-hybridized carbons (Fsp3) is 0.211. The predicted molar refractivity (Wildman–Crippen MR) is 92.9 cm³/mol. The lowest BCUT2D eigenvalue weighted by atomic mass is 10.1. The third kappa shape index (κ3) is 4.44. The van der Waals surface area contributed by atoms with Crippen molar-refractivity contribution in [3.63, 3.8) is 0 Å². The van der Waals surface area contributed by atoms with Crippen LogP contribution in [0.5, 0.6) is 5.75 Å². The average molecular weight is 355 g/mol. The minimum atomic E-state index is -0.304. The van der Waals surface area contributed by atoms with E-state index in [4.69, 9.17) is 9.26 Å². The zero-order chi connectivity index (χ0) is 18.4. The fourth-order valence-electron chi connectivity index (χ4n) is 2.40. The summed E-state index contributed by atoms with van der Waals surface area (Å²) in [4.78, 5) is 16.2. The first-order valence-corrected chi connectivity index (χ1v) is 8.13. The summed E-state index contributed by atoms with van der Waals surface area (Å²) in [5, 5.41) is 6.59. The second-order valence-electron chi connectivity index (χ2n) is 5.61. The van der Waals surface area contributed by atoms with E-state index < -0.39 is 0 Å². The molecule has 1 N–H and O–H groups in total. The topological polar surface area (TPSA) is 77.3 Å². The molecule has 1 heterocycles. The Morgan fingerprint density at radius 2 is 1.96 bits per heavy atom. The molecule has 0 radical (unpaired) electrons. The molecule has 134 valence electrons. The molecule has 3 aromatic rings. The van der Waals surface area contributed by atoms with Gasteiger partial charge >= 0.3 is 0 Å². The van der Waals surface area contributed by atoms with Crippen molar-refractivity contribution in [3.8, 4) is 17.1 Å². The van der Waals surface area contributed by atoms with Gasteiger partial charge in [0.05, 0.1) is 13.7 Å². The highest BCUT2D eigenvalue weighted by molar-refractivity contribution is 5.76. The van der Waals surface area contributed by atoms with E-state index in [1.807, 2.05) is 12.1 Å². The van der Waals surface area contributed by atoms with E-state index in [-0.39, 0.29) is 24.7 Å². The van der Waals surface area contributed by atoms with Gasteiger partial charge in [-0.15, -0.1) is 0 Å². The molecule has 0 fully saturated rings. The summed E-state index contributed by atoms with van der Waals surface area (Å²) in [7, 11) is 1.59. The maximum Gasteiger partial charge on any atom is 0.246 e. The van der Waals surface area contributed by atoms with Gasteiger partial charge in [-0.25, -0.2) is 4.39 Å². The van der Waals surface area contributed by atoms with Crippen LogP contribution in [0.25, 0.3) is 11.4 Å². The van der Waals surface area contributed by atoms with Gasteiger partial charge in [0.25, 0.3) is 0 Å². The monoisotopic (exact) mass is 355 g/mol. The van der Waals surface area contributed by atoms with Gasteiger partial charge in [0.2, 0.25) is 17.6 Å². The van der Waals surface area contributed by atoms with Crippen LogP contribution >= 0.6 is 0 Å². The van der Waals surface area contributed by atoms with Gasteiger partial charge in [-0.1, -0.05) is 23.4 Å². The molecule has 0 bridgehead atoms. The largest absolute Gasteiger partial charge is 0.497 e. The van der Waals surface area contributed by atoms with E-state index >= 15 is 0 Å². The smallest absolute Gasteiger partial charge is 0.246 e. The summed E-state index contributed by atoms with van der Waals surface area (Å²) in [6.45, 7) is 0.124. The summed E-state index contributed by atoms with van der Waals surface area (Å²) in [5.41, 5.74) is 1.30. The number of carbonyl (C=O) groups is 1. The Morgan fingerprint density at radius 1 is 1.19 bits per heavy atom. The van der Waals surface area contributed by atoms with Crippen molar-refractivity contribution in [3.05, 3.63) is 65.8 Å². The van der Waals surface area contributed by atoms with E-state index in [2.05, 4.69) is 15.5 Å². The van der Waals surface area contributed by atoms with Crippen LogP contribution in [0.2, 0.25) is 0 Å². The van der Waals surface area contributed by atoms with Crippen molar-refractivity contribution in [1.82, 2.24) is 15.5 Å². The number of aryl methyl sites for hydroxylation is 1. The van der Waals surface area contributed by atoms with E-state index in [1.165, 1.54) is 6.07 Å². The van der Waals surface area contributed by atoms with Gasteiger partial charge in [-0.3, -0.25) is 4.79 Å². The number of hydrogen-bond donors (Lipinski definition) is 1. The summed E-state index contributed by atoms with van der Waals surface area (Å²) < 4.78 is 23.8. The highest BCUT2D eigenvalue weighted by Gasteiger charge is 2.11. The van der Waals surface area contributed by atoms with Crippen molar-refractivity contribution in [2.75, 3.05) is 7.11 Å². The molecule has 0 saturated heterocycles. The molecule has 0 aliphatic heterocycles. The molecule has 2 aromatic carbocycles. The zero-order valence-corrected chi connectivity index (χ0v) is 14.2. The van der Waals surface area contributed by atoms with Crippen LogP contribution < -0.4 is 10.1 Å². The predicted octanol–water partition coefficient (Wildman–Crippen LogP) is 3.13.